The number of hydrogen-bond donors (Lipinski definition) is 1. The number of carbonyl (C=O) groups is 2. The van der Waals surface area contributed by atoms with E-state index in [9.17, 15) is 9.59 Å². The minimum absolute atomic E-state index is 0.0548. The van der Waals surface area contributed by atoms with Gasteiger partial charge in [0.1, 0.15) is 0 Å². The standard InChI is InChI=1S/C14H18BrNO3S/c1-9-6-11(15)4-5-12(9)16-13(17)8-20-10(2)7-14(18)19-3/h4-6,10H,7-8H2,1-3H3,(H,16,17). The van der Waals surface area contributed by atoms with E-state index in [1.165, 1.54) is 18.9 Å². The van der Waals surface area contributed by atoms with Crippen LogP contribution in [0.15, 0.2) is 22.7 Å². The first-order chi connectivity index (χ1) is 9.42. The van der Waals surface area contributed by atoms with Gasteiger partial charge < -0.3 is 10.1 Å². The zero-order valence-corrected chi connectivity index (χ0v) is 14.1. The highest BCUT2D eigenvalue weighted by atomic mass is 79.9. The Morgan fingerprint density at radius 2 is 2.15 bits per heavy atom. The molecule has 0 bridgehead atoms. The molecule has 1 atom stereocenters. The van der Waals surface area contributed by atoms with Gasteiger partial charge in [-0.05, 0) is 30.7 Å². The van der Waals surface area contributed by atoms with E-state index in [-0.39, 0.29) is 17.1 Å². The number of halogens is 1. The lowest BCUT2D eigenvalue weighted by Gasteiger charge is -2.11. The van der Waals surface area contributed by atoms with Crippen LogP contribution < -0.4 is 5.32 Å². The number of thioether (sulfide) groups is 1. The zero-order chi connectivity index (χ0) is 15.1. The van der Waals surface area contributed by atoms with Gasteiger partial charge in [-0.15, -0.1) is 11.8 Å². The molecule has 0 aliphatic carbocycles. The lowest BCUT2D eigenvalue weighted by atomic mass is 10.2. The first-order valence-electron chi connectivity index (χ1n) is 6.16. The van der Waals surface area contributed by atoms with E-state index < -0.39 is 0 Å². The fourth-order valence-corrected chi connectivity index (χ4v) is 2.79. The number of anilines is 1. The van der Waals surface area contributed by atoms with Crippen LogP contribution in [0.4, 0.5) is 5.69 Å². The number of amides is 1. The van der Waals surface area contributed by atoms with E-state index in [1.54, 1.807) is 0 Å². The summed E-state index contributed by atoms with van der Waals surface area (Å²) in [6, 6.07) is 5.69. The Balaban J connectivity index is 2.42. The van der Waals surface area contributed by atoms with Gasteiger partial charge in [0.05, 0.1) is 19.3 Å². The molecule has 1 rings (SSSR count). The lowest BCUT2D eigenvalue weighted by Crippen LogP contribution is -2.17. The second-order valence-electron chi connectivity index (χ2n) is 4.41. The molecule has 1 unspecified atom stereocenters. The maximum atomic E-state index is 11.8. The molecule has 20 heavy (non-hydrogen) atoms. The van der Waals surface area contributed by atoms with E-state index >= 15 is 0 Å². The van der Waals surface area contributed by atoms with Gasteiger partial charge in [0, 0.05) is 15.4 Å². The molecule has 0 saturated heterocycles. The number of benzene rings is 1. The van der Waals surface area contributed by atoms with Crippen molar-refractivity contribution < 1.29 is 14.3 Å². The van der Waals surface area contributed by atoms with Gasteiger partial charge in [-0.2, -0.15) is 0 Å². The van der Waals surface area contributed by atoms with Gasteiger partial charge in [-0.3, -0.25) is 9.59 Å². The van der Waals surface area contributed by atoms with Crippen LogP contribution in [-0.2, 0) is 14.3 Å². The number of hydrogen-bond acceptors (Lipinski definition) is 4. The fraction of sp³-hybridized carbons (Fsp3) is 0.429. The monoisotopic (exact) mass is 359 g/mol. The smallest absolute Gasteiger partial charge is 0.306 e. The van der Waals surface area contributed by atoms with Crippen LogP contribution in [-0.4, -0.2) is 30.0 Å². The SMILES string of the molecule is COC(=O)CC(C)SCC(=O)Nc1ccc(Br)cc1C. The normalized spacial score (nSPS) is 11.8. The second kappa shape index (κ2) is 8.32. The third-order valence-corrected chi connectivity index (χ3v) is 4.30. The van der Waals surface area contributed by atoms with Gasteiger partial charge in [0.15, 0.2) is 0 Å². The second-order valence-corrected chi connectivity index (χ2v) is 6.75. The van der Waals surface area contributed by atoms with Crippen molar-refractivity contribution in [2.45, 2.75) is 25.5 Å². The molecule has 110 valence electrons. The van der Waals surface area contributed by atoms with Crippen LogP contribution in [0.3, 0.4) is 0 Å². The van der Waals surface area contributed by atoms with Crippen molar-refractivity contribution in [1.29, 1.82) is 0 Å². The fourth-order valence-electron chi connectivity index (χ4n) is 1.55. The molecule has 0 fully saturated rings. The largest absolute Gasteiger partial charge is 0.469 e. The Hall–Kier alpha value is -1.01. The molecule has 1 amide bonds. The molecule has 0 spiro atoms. The number of esters is 1. The minimum atomic E-state index is -0.255. The Bertz CT molecular complexity index is 493. The van der Waals surface area contributed by atoms with Crippen molar-refractivity contribution in [3.8, 4) is 0 Å². The Morgan fingerprint density at radius 3 is 2.75 bits per heavy atom. The van der Waals surface area contributed by atoms with Crippen molar-refractivity contribution in [3.05, 3.63) is 28.2 Å². The first-order valence-corrected chi connectivity index (χ1v) is 8.01. The molecule has 0 aliphatic rings. The van der Waals surface area contributed by atoms with E-state index in [0.29, 0.717) is 12.2 Å². The van der Waals surface area contributed by atoms with E-state index in [2.05, 4.69) is 26.0 Å². The van der Waals surface area contributed by atoms with Gasteiger partial charge >= 0.3 is 5.97 Å². The Labute approximate surface area is 131 Å². The molecule has 0 aliphatic heterocycles. The molecular formula is C14H18BrNO3S. The summed E-state index contributed by atoms with van der Waals surface area (Å²) in [5.41, 5.74) is 1.81. The number of carbonyl (C=O) groups excluding carboxylic acids is 2. The summed E-state index contributed by atoms with van der Waals surface area (Å²) < 4.78 is 5.57. The van der Waals surface area contributed by atoms with Crippen LogP contribution in [0.2, 0.25) is 0 Å². The van der Waals surface area contributed by atoms with Crippen molar-refractivity contribution in [3.63, 3.8) is 0 Å². The molecule has 1 aromatic rings. The number of ether oxygens (including phenoxy) is 1. The molecule has 0 heterocycles. The van der Waals surface area contributed by atoms with E-state index in [1.807, 2.05) is 32.0 Å². The van der Waals surface area contributed by atoms with Crippen molar-refractivity contribution in [1.82, 2.24) is 0 Å². The molecule has 1 N–H and O–H groups in total. The summed E-state index contributed by atoms with van der Waals surface area (Å²) in [7, 11) is 1.36. The highest BCUT2D eigenvalue weighted by Gasteiger charge is 2.12. The Morgan fingerprint density at radius 1 is 1.45 bits per heavy atom. The summed E-state index contributed by atoms with van der Waals surface area (Å²) in [4.78, 5) is 22.9. The summed E-state index contributed by atoms with van der Waals surface area (Å²) in [5.74, 6) is -0.0143. The van der Waals surface area contributed by atoms with Crippen LogP contribution in [0.5, 0.6) is 0 Å². The average molecular weight is 360 g/mol. The van der Waals surface area contributed by atoms with Gasteiger partial charge in [0.2, 0.25) is 5.91 Å². The number of aryl methyl sites for hydroxylation is 1. The number of nitrogens with one attached hydrogen (secondary N) is 1. The molecule has 0 saturated carbocycles. The molecular weight excluding hydrogens is 342 g/mol. The van der Waals surface area contributed by atoms with E-state index in [0.717, 1.165) is 15.7 Å². The zero-order valence-electron chi connectivity index (χ0n) is 11.7. The molecule has 0 aromatic heterocycles. The summed E-state index contributed by atoms with van der Waals surface area (Å²) in [5, 5.41) is 2.92. The molecule has 6 heteroatoms. The maximum absolute atomic E-state index is 11.8. The third kappa shape index (κ3) is 5.96. The van der Waals surface area contributed by atoms with Crippen molar-refractivity contribution in [2.75, 3.05) is 18.2 Å². The summed E-state index contributed by atoms with van der Waals surface area (Å²) in [6.07, 6.45) is 0.311. The van der Waals surface area contributed by atoms with E-state index in [4.69, 9.17) is 0 Å². The number of rotatable bonds is 6. The predicted octanol–water partition coefficient (Wildman–Crippen LogP) is 3.38. The molecule has 1 aromatic carbocycles. The third-order valence-electron chi connectivity index (χ3n) is 2.64. The van der Waals surface area contributed by atoms with Gasteiger partial charge in [-0.1, -0.05) is 22.9 Å². The Kier molecular flexibility index (Phi) is 7.09. The first kappa shape index (κ1) is 17.0. The van der Waals surface area contributed by atoms with Crippen molar-refractivity contribution in [2.24, 2.45) is 0 Å². The summed E-state index contributed by atoms with van der Waals surface area (Å²) in [6.45, 7) is 3.84. The highest BCUT2D eigenvalue weighted by molar-refractivity contribution is 9.10. The van der Waals surface area contributed by atoms with Crippen molar-refractivity contribution >= 4 is 45.3 Å². The van der Waals surface area contributed by atoms with Crippen LogP contribution in [0.1, 0.15) is 18.9 Å². The minimum Gasteiger partial charge on any atom is -0.469 e. The maximum Gasteiger partial charge on any atom is 0.306 e. The van der Waals surface area contributed by atoms with Crippen LogP contribution in [0, 0.1) is 6.92 Å². The predicted molar refractivity (Wildman–Crippen MR) is 86.1 cm³/mol. The number of methoxy groups -OCH3 is 1. The molecule has 4 nitrogen and oxygen atoms in total. The lowest BCUT2D eigenvalue weighted by molar-refractivity contribution is -0.140. The van der Waals surface area contributed by atoms with Gasteiger partial charge in [-0.25, -0.2) is 0 Å². The van der Waals surface area contributed by atoms with Crippen LogP contribution >= 0.6 is 27.7 Å². The quantitative estimate of drug-likeness (QED) is 0.791. The van der Waals surface area contributed by atoms with Crippen LogP contribution in [0.25, 0.3) is 0 Å². The topological polar surface area (TPSA) is 55.4 Å². The highest BCUT2D eigenvalue weighted by Crippen LogP contribution is 2.21. The molecule has 0 radical (unpaired) electrons. The average Bonchev–Trinajstić information content (AvgIpc) is 2.39. The van der Waals surface area contributed by atoms with Gasteiger partial charge in [0.25, 0.3) is 0 Å². The summed E-state index contributed by atoms with van der Waals surface area (Å²) >= 11 is 4.82.